The number of carbonyl (C=O) groups excluding carboxylic acids is 3. The summed E-state index contributed by atoms with van der Waals surface area (Å²) < 4.78 is 12.8. The minimum Gasteiger partial charge on any atom is -0.497 e. The normalized spacial score (nSPS) is 23.4. The van der Waals surface area contributed by atoms with Gasteiger partial charge < -0.3 is 30.1 Å². The molecular formula is C43H50N4O6Si. The van der Waals surface area contributed by atoms with Gasteiger partial charge in [-0.2, -0.15) is 0 Å². The van der Waals surface area contributed by atoms with Gasteiger partial charge in [-0.15, -0.1) is 0 Å². The van der Waals surface area contributed by atoms with E-state index in [0.717, 1.165) is 35.9 Å². The number of methoxy groups -OCH3 is 1. The van der Waals surface area contributed by atoms with Crippen LogP contribution in [-0.4, -0.2) is 74.8 Å². The molecule has 11 heteroatoms. The summed E-state index contributed by atoms with van der Waals surface area (Å²) >= 11 is 0. The van der Waals surface area contributed by atoms with Gasteiger partial charge in [0.1, 0.15) is 5.75 Å². The van der Waals surface area contributed by atoms with Crippen molar-refractivity contribution in [1.82, 2.24) is 10.2 Å². The van der Waals surface area contributed by atoms with Gasteiger partial charge in [0.25, 0.3) is 5.91 Å². The van der Waals surface area contributed by atoms with Gasteiger partial charge in [-0.1, -0.05) is 85.9 Å². The predicted molar refractivity (Wildman–Crippen MR) is 213 cm³/mol. The van der Waals surface area contributed by atoms with Crippen LogP contribution < -0.4 is 25.5 Å². The van der Waals surface area contributed by atoms with E-state index in [2.05, 4.69) is 42.8 Å². The number of aliphatic hydroxyl groups is 1. The second-order valence-corrected chi connectivity index (χ2v) is 19.9. The Kier molecular flexibility index (Phi) is 10.8. The van der Waals surface area contributed by atoms with Gasteiger partial charge in [0, 0.05) is 35.9 Å². The van der Waals surface area contributed by atoms with Gasteiger partial charge in [0.2, 0.25) is 11.8 Å². The molecule has 0 aromatic heterocycles. The number of ether oxygens (including phenoxy) is 2. The molecule has 3 heterocycles. The van der Waals surface area contributed by atoms with Gasteiger partial charge >= 0.3 is 0 Å². The molecule has 0 saturated carbocycles. The van der Waals surface area contributed by atoms with Gasteiger partial charge in [-0.25, -0.2) is 0 Å². The molecule has 5 atom stereocenters. The van der Waals surface area contributed by atoms with Crippen LogP contribution in [0.5, 0.6) is 5.75 Å². The predicted octanol–water partition coefficient (Wildman–Crippen LogP) is 5.69. The van der Waals surface area contributed by atoms with E-state index in [-0.39, 0.29) is 54.8 Å². The lowest BCUT2D eigenvalue weighted by Gasteiger charge is -2.37. The van der Waals surface area contributed by atoms with Crippen molar-refractivity contribution in [3.05, 3.63) is 114 Å². The second-order valence-electron chi connectivity index (χ2n) is 15.2. The van der Waals surface area contributed by atoms with Gasteiger partial charge in [-0.05, 0) is 73.0 Å². The van der Waals surface area contributed by atoms with Crippen LogP contribution in [0.25, 0.3) is 0 Å². The van der Waals surface area contributed by atoms with Crippen molar-refractivity contribution in [3.8, 4) is 5.75 Å². The van der Waals surface area contributed by atoms with Crippen LogP contribution in [-0.2, 0) is 31.3 Å². The molecule has 0 radical (unpaired) electrons. The molecular weight excluding hydrogens is 697 g/mol. The fraction of sp³-hybridized carbons (Fsp3) is 0.372. The van der Waals surface area contributed by atoms with Crippen LogP contribution in [0.1, 0.15) is 37.3 Å². The topological polar surface area (TPSA) is 120 Å². The summed E-state index contributed by atoms with van der Waals surface area (Å²) in [4.78, 5) is 46.4. The number of nitrogens with one attached hydrogen (secondary N) is 2. The number of benzene rings is 4. The van der Waals surface area contributed by atoms with Crippen molar-refractivity contribution in [3.63, 3.8) is 0 Å². The maximum atomic E-state index is 15.3. The molecule has 4 aromatic carbocycles. The summed E-state index contributed by atoms with van der Waals surface area (Å²) in [6.45, 7) is 7.80. The molecule has 2 fully saturated rings. The first-order chi connectivity index (χ1) is 26.1. The Morgan fingerprint density at radius 3 is 2.37 bits per heavy atom. The molecule has 0 aliphatic carbocycles. The zero-order valence-corrected chi connectivity index (χ0v) is 32.5. The molecule has 0 unspecified atom stereocenters. The molecule has 3 N–H and O–H groups in total. The molecule has 2 saturated heterocycles. The van der Waals surface area contributed by atoms with Gasteiger partial charge in [-0.3, -0.25) is 19.3 Å². The third-order valence-electron chi connectivity index (χ3n) is 11.7. The number of carbonyl (C=O) groups is 3. The highest BCUT2D eigenvalue weighted by molar-refractivity contribution is 6.91. The largest absolute Gasteiger partial charge is 0.497 e. The fourth-order valence-corrected chi connectivity index (χ4v) is 13.0. The Labute approximate surface area is 318 Å². The summed E-state index contributed by atoms with van der Waals surface area (Å²) in [5.74, 6) is -0.0796. The number of amides is 3. The van der Waals surface area contributed by atoms with E-state index in [9.17, 15) is 14.7 Å². The van der Waals surface area contributed by atoms with Crippen molar-refractivity contribution < 1.29 is 29.0 Å². The Morgan fingerprint density at radius 2 is 1.72 bits per heavy atom. The average Bonchev–Trinajstić information content (AvgIpc) is 3.89. The first-order valence-electron chi connectivity index (χ1n) is 18.9. The molecule has 10 nitrogen and oxygen atoms in total. The molecule has 3 aliphatic heterocycles. The molecule has 1 spiro atoms. The van der Waals surface area contributed by atoms with E-state index in [0.29, 0.717) is 29.2 Å². The number of hydrogen-bond donors (Lipinski definition) is 3. The lowest BCUT2D eigenvalue weighted by atomic mass is 9.82. The summed E-state index contributed by atoms with van der Waals surface area (Å²) in [5.41, 5.74) is 2.00. The van der Waals surface area contributed by atoms with E-state index in [1.165, 1.54) is 0 Å². The van der Waals surface area contributed by atoms with Gasteiger partial charge in [0.05, 0.1) is 46.0 Å². The minimum atomic E-state index is -2.56. The van der Waals surface area contributed by atoms with E-state index in [4.69, 9.17) is 9.47 Å². The van der Waals surface area contributed by atoms with Crippen molar-refractivity contribution in [2.24, 2.45) is 5.92 Å². The first-order valence-corrected chi connectivity index (χ1v) is 22.0. The summed E-state index contributed by atoms with van der Waals surface area (Å²) in [7, 11) is -0.910. The van der Waals surface area contributed by atoms with Crippen LogP contribution >= 0.6 is 0 Å². The molecule has 0 bridgehead atoms. The van der Waals surface area contributed by atoms with Crippen molar-refractivity contribution in [2.45, 2.75) is 69.1 Å². The van der Waals surface area contributed by atoms with Crippen LogP contribution in [0.15, 0.2) is 103 Å². The number of nitrogens with zero attached hydrogens (tertiary/aromatic N) is 2. The van der Waals surface area contributed by atoms with E-state index in [1.54, 1.807) is 16.9 Å². The Bertz CT molecular complexity index is 1970. The molecule has 3 aliphatic rings. The average molecular weight is 747 g/mol. The number of rotatable bonds is 12. The van der Waals surface area contributed by atoms with Crippen molar-refractivity contribution in [2.75, 3.05) is 37.0 Å². The van der Waals surface area contributed by atoms with Crippen molar-refractivity contribution >= 4 is 48.0 Å². The number of aliphatic hydroxyl groups excluding tert-OH is 1. The van der Waals surface area contributed by atoms with Crippen LogP contribution in [0, 0.1) is 5.92 Å². The maximum Gasteiger partial charge on any atom is 0.268 e. The highest BCUT2D eigenvalue weighted by atomic mass is 28.3. The number of hydrogen-bond acceptors (Lipinski definition) is 7. The van der Waals surface area contributed by atoms with Crippen LogP contribution in [0.2, 0.25) is 18.6 Å². The Balaban J connectivity index is 1.33. The fourth-order valence-electron chi connectivity index (χ4n) is 9.01. The number of anilines is 3. The third kappa shape index (κ3) is 6.85. The summed E-state index contributed by atoms with van der Waals surface area (Å²) in [5, 5.41) is 17.6. The monoisotopic (exact) mass is 746 g/mol. The van der Waals surface area contributed by atoms with Crippen LogP contribution in [0.3, 0.4) is 0 Å². The Hall–Kier alpha value is -4.81. The quantitative estimate of drug-likeness (QED) is 0.160. The summed E-state index contributed by atoms with van der Waals surface area (Å²) in [6, 6.07) is 32.8. The summed E-state index contributed by atoms with van der Waals surface area (Å²) in [6.07, 6.45) is 1.12. The Morgan fingerprint density at radius 1 is 1.02 bits per heavy atom. The highest BCUT2D eigenvalue weighted by Gasteiger charge is 2.67. The molecule has 282 valence electrons. The van der Waals surface area contributed by atoms with Crippen LogP contribution in [0.4, 0.5) is 17.1 Å². The highest BCUT2D eigenvalue weighted by Crippen LogP contribution is 2.61. The van der Waals surface area contributed by atoms with E-state index >= 15 is 4.79 Å². The minimum absolute atomic E-state index is 0.0356. The van der Waals surface area contributed by atoms with Crippen molar-refractivity contribution in [1.29, 1.82) is 0 Å². The lowest BCUT2D eigenvalue weighted by Crippen LogP contribution is -2.52. The second kappa shape index (κ2) is 15.5. The van der Waals surface area contributed by atoms with Gasteiger partial charge in [0.15, 0.2) is 5.60 Å². The third-order valence-corrected chi connectivity index (χ3v) is 16.1. The molecule has 7 rings (SSSR count). The smallest absolute Gasteiger partial charge is 0.268 e. The molecule has 54 heavy (non-hydrogen) atoms. The van der Waals surface area contributed by atoms with E-state index in [1.807, 2.05) is 91.0 Å². The molecule has 4 aromatic rings. The first kappa shape index (κ1) is 37.5. The molecule has 3 amide bonds. The standard InChI is InChI=1S/C43H50N4O6Si/c1-29-40(54(3,4)34-20-18-33(52-2)19-21-34)38(27-39(49)46(24-25-48)28-30-12-7-5-8-13-30)53-43(29)35-26-31(45-41(50)36-16-11-23-44-36)17-22-37(35)47(42(43)51)32-14-9-6-10-15-32/h5-10,12-15,17-22,26,29,36,38,40,44,48H,11,16,23-25,27-28H2,1-4H3,(H,45,50)/t29-,36+,38+,40-,43+/m0/s1. The SMILES string of the molecule is COc1ccc([Si](C)(C)[C@@H]2[C@@H](CC(=O)N(CCO)Cc3ccccc3)O[C@]3(C(=O)N(c4ccccc4)c4ccc(NC(=O)[C@H]5CCCN5)cc43)[C@H]2C)cc1. The number of fused-ring (bicyclic) bond motifs is 2. The maximum absolute atomic E-state index is 15.3. The zero-order chi connectivity index (χ0) is 38.0. The lowest BCUT2D eigenvalue weighted by molar-refractivity contribution is -0.149. The van der Waals surface area contributed by atoms with E-state index < -0.39 is 19.8 Å². The zero-order valence-electron chi connectivity index (χ0n) is 31.5. The number of para-hydroxylation sites is 1.